The van der Waals surface area contributed by atoms with Gasteiger partial charge in [-0.3, -0.25) is 14.5 Å². The molecular weight excluding hydrogens is 460 g/mol. The summed E-state index contributed by atoms with van der Waals surface area (Å²) in [5.74, 6) is 0.356. The number of rotatable bonds is 5. The number of nitriles is 1. The van der Waals surface area contributed by atoms with Crippen LogP contribution in [0.25, 0.3) is 0 Å². The fourth-order valence-electron chi connectivity index (χ4n) is 6.06. The number of amides is 2. The third-order valence-corrected chi connectivity index (χ3v) is 8.11. The molecule has 2 aromatic rings. The molecule has 2 bridgehead atoms. The third kappa shape index (κ3) is 4.94. The van der Waals surface area contributed by atoms with Crippen LogP contribution in [0.4, 0.5) is 5.69 Å². The number of nitrogens with zero attached hydrogens (tertiary/aromatic N) is 3. The minimum absolute atomic E-state index is 0.236. The normalized spacial score (nSPS) is 22.3. The maximum Gasteiger partial charge on any atom is 0.255 e. The molecule has 2 aliphatic heterocycles. The van der Waals surface area contributed by atoms with Gasteiger partial charge in [-0.2, -0.15) is 5.26 Å². The van der Waals surface area contributed by atoms with Crippen molar-refractivity contribution < 1.29 is 9.59 Å². The largest absolute Gasteiger partial charge is 0.334 e. The van der Waals surface area contributed by atoms with E-state index in [4.69, 9.17) is 16.9 Å². The maximum atomic E-state index is 13.2. The monoisotopic (exact) mass is 490 g/mol. The van der Waals surface area contributed by atoms with E-state index >= 15 is 0 Å². The van der Waals surface area contributed by atoms with Crippen molar-refractivity contribution in [1.29, 1.82) is 5.26 Å². The molecule has 6 nitrogen and oxygen atoms in total. The maximum absolute atomic E-state index is 13.2. The van der Waals surface area contributed by atoms with Crippen molar-refractivity contribution in [3.8, 4) is 6.07 Å². The quantitative estimate of drug-likeness (QED) is 0.629. The van der Waals surface area contributed by atoms with Gasteiger partial charge in [-0.1, -0.05) is 30.5 Å². The highest BCUT2D eigenvalue weighted by molar-refractivity contribution is 6.31. The second kappa shape index (κ2) is 10.0. The van der Waals surface area contributed by atoms with Gasteiger partial charge in [0.05, 0.1) is 11.6 Å². The first-order chi connectivity index (χ1) is 16.9. The first-order valence-electron chi connectivity index (χ1n) is 12.6. The molecule has 35 heavy (non-hydrogen) atoms. The third-order valence-electron chi connectivity index (χ3n) is 7.89. The van der Waals surface area contributed by atoms with Crippen molar-refractivity contribution in [2.45, 2.75) is 64.1 Å². The Balaban J connectivity index is 1.29. The van der Waals surface area contributed by atoms with E-state index in [0.717, 1.165) is 56.4 Å². The van der Waals surface area contributed by atoms with Crippen molar-refractivity contribution in [2.24, 2.45) is 5.92 Å². The van der Waals surface area contributed by atoms with E-state index < -0.39 is 0 Å². The summed E-state index contributed by atoms with van der Waals surface area (Å²) in [7, 11) is 0. The number of anilines is 1. The molecule has 0 spiro atoms. The van der Waals surface area contributed by atoms with Gasteiger partial charge in [0.15, 0.2) is 0 Å². The molecule has 2 atom stereocenters. The van der Waals surface area contributed by atoms with Gasteiger partial charge in [0.25, 0.3) is 5.91 Å². The topological polar surface area (TPSA) is 76.4 Å². The zero-order chi connectivity index (χ0) is 24.5. The second-order valence-electron chi connectivity index (χ2n) is 10.2. The van der Waals surface area contributed by atoms with Crippen molar-refractivity contribution in [3.05, 3.63) is 63.7 Å². The van der Waals surface area contributed by atoms with Crippen LogP contribution >= 0.6 is 11.6 Å². The molecule has 1 aliphatic carbocycles. The number of benzene rings is 2. The number of hydrogen-bond acceptors (Lipinski definition) is 4. The van der Waals surface area contributed by atoms with E-state index in [-0.39, 0.29) is 11.8 Å². The highest BCUT2D eigenvalue weighted by Gasteiger charge is 2.44. The second-order valence-corrected chi connectivity index (χ2v) is 10.6. The first kappa shape index (κ1) is 23.8. The Morgan fingerprint density at radius 3 is 2.49 bits per heavy atom. The Bertz CT molecular complexity index is 1170. The summed E-state index contributed by atoms with van der Waals surface area (Å²) in [6, 6.07) is 13.1. The standard InChI is InChI=1S/C28H31ClN4O2/c1-18-22(12-23(29)13-26(18)31-27(34)21-8-4-5-19(11-21)14-30)15-32-16-24-9-10-25(17-32)33(24)28(35)20-6-2-3-7-20/h4-5,8,11-13,20,24-25H,2-3,6-7,9-10,15-17H2,1H3,(H,31,34). The lowest BCUT2D eigenvalue weighted by molar-refractivity contribution is -0.141. The minimum atomic E-state index is -0.268. The number of hydrogen-bond donors (Lipinski definition) is 1. The molecule has 3 fully saturated rings. The Kier molecular flexibility index (Phi) is 6.82. The summed E-state index contributed by atoms with van der Waals surface area (Å²) in [5.41, 5.74) is 3.62. The zero-order valence-corrected chi connectivity index (χ0v) is 20.9. The van der Waals surface area contributed by atoms with Crippen LogP contribution in [-0.4, -0.2) is 46.8 Å². The Morgan fingerprint density at radius 1 is 1.09 bits per heavy atom. The summed E-state index contributed by atoms with van der Waals surface area (Å²) in [4.78, 5) is 30.7. The summed E-state index contributed by atoms with van der Waals surface area (Å²) < 4.78 is 0. The van der Waals surface area contributed by atoms with E-state index in [2.05, 4.69) is 21.2 Å². The number of likely N-dealkylation sites (tertiary alicyclic amines) is 1. The molecule has 3 aliphatic rings. The number of carbonyl (C=O) groups excluding carboxylic acids is 2. The van der Waals surface area contributed by atoms with Crippen LogP contribution in [0.2, 0.25) is 5.02 Å². The van der Waals surface area contributed by atoms with E-state index in [1.807, 2.05) is 13.0 Å². The van der Waals surface area contributed by atoms with E-state index in [9.17, 15) is 9.59 Å². The highest BCUT2D eigenvalue weighted by Crippen LogP contribution is 2.36. The van der Waals surface area contributed by atoms with Gasteiger partial charge < -0.3 is 10.2 Å². The molecule has 7 heteroatoms. The summed E-state index contributed by atoms with van der Waals surface area (Å²) in [6.07, 6.45) is 6.63. The van der Waals surface area contributed by atoms with Crippen molar-refractivity contribution in [2.75, 3.05) is 18.4 Å². The minimum Gasteiger partial charge on any atom is -0.334 e. The number of halogens is 1. The first-order valence-corrected chi connectivity index (χ1v) is 13.0. The van der Waals surface area contributed by atoms with Crippen LogP contribution in [0.15, 0.2) is 36.4 Å². The van der Waals surface area contributed by atoms with Crippen LogP contribution in [0.1, 0.15) is 65.6 Å². The number of fused-ring (bicyclic) bond motifs is 2. The average Bonchev–Trinajstić information content (AvgIpc) is 3.48. The number of piperazine rings is 1. The lowest BCUT2D eigenvalue weighted by atomic mass is 10.0. The summed E-state index contributed by atoms with van der Waals surface area (Å²) in [5, 5.41) is 12.7. The summed E-state index contributed by atoms with van der Waals surface area (Å²) >= 11 is 6.46. The lowest BCUT2D eigenvalue weighted by Crippen LogP contribution is -2.56. The van der Waals surface area contributed by atoms with Crippen LogP contribution in [0.5, 0.6) is 0 Å². The molecule has 2 aromatic carbocycles. The van der Waals surface area contributed by atoms with Crippen LogP contribution < -0.4 is 5.32 Å². The van der Waals surface area contributed by atoms with Gasteiger partial charge in [0.2, 0.25) is 5.91 Å². The molecule has 1 N–H and O–H groups in total. The smallest absolute Gasteiger partial charge is 0.255 e. The lowest BCUT2D eigenvalue weighted by Gasteiger charge is -2.42. The van der Waals surface area contributed by atoms with Gasteiger partial charge in [0, 0.05) is 53.9 Å². The molecular formula is C28H31ClN4O2. The van der Waals surface area contributed by atoms with Gasteiger partial charge in [-0.15, -0.1) is 0 Å². The molecule has 182 valence electrons. The molecule has 2 saturated heterocycles. The zero-order valence-electron chi connectivity index (χ0n) is 20.1. The van der Waals surface area contributed by atoms with Gasteiger partial charge >= 0.3 is 0 Å². The predicted molar refractivity (Wildman–Crippen MR) is 136 cm³/mol. The van der Waals surface area contributed by atoms with Crippen molar-refractivity contribution in [1.82, 2.24) is 9.80 Å². The van der Waals surface area contributed by atoms with Crippen molar-refractivity contribution >= 4 is 29.1 Å². The van der Waals surface area contributed by atoms with Crippen LogP contribution in [-0.2, 0) is 11.3 Å². The fraction of sp³-hybridized carbons (Fsp3) is 0.464. The highest BCUT2D eigenvalue weighted by atomic mass is 35.5. The van der Waals surface area contributed by atoms with Gasteiger partial charge in [-0.25, -0.2) is 0 Å². The summed E-state index contributed by atoms with van der Waals surface area (Å²) in [6.45, 7) is 4.49. The van der Waals surface area contributed by atoms with Gasteiger partial charge in [0.1, 0.15) is 0 Å². The Labute approximate surface area is 211 Å². The van der Waals surface area contributed by atoms with E-state index in [0.29, 0.717) is 39.8 Å². The number of carbonyl (C=O) groups is 2. The molecule has 2 heterocycles. The fourth-order valence-corrected chi connectivity index (χ4v) is 6.30. The molecule has 0 radical (unpaired) electrons. The Hall–Kier alpha value is -2.88. The van der Waals surface area contributed by atoms with Crippen LogP contribution in [0.3, 0.4) is 0 Å². The molecule has 1 saturated carbocycles. The molecule has 2 unspecified atom stereocenters. The number of nitrogens with one attached hydrogen (secondary N) is 1. The molecule has 5 rings (SSSR count). The average molecular weight is 491 g/mol. The molecule has 2 amide bonds. The van der Waals surface area contributed by atoms with Gasteiger partial charge in [-0.05, 0) is 74.1 Å². The predicted octanol–water partition coefficient (Wildman–Crippen LogP) is 5.14. The van der Waals surface area contributed by atoms with E-state index in [1.165, 1.54) is 12.8 Å². The Morgan fingerprint density at radius 2 is 1.80 bits per heavy atom. The van der Waals surface area contributed by atoms with Crippen LogP contribution in [0, 0.1) is 24.2 Å². The SMILES string of the molecule is Cc1c(CN2CC3CCC(C2)N3C(=O)C2CCCC2)cc(Cl)cc1NC(=O)c1cccc(C#N)c1. The van der Waals surface area contributed by atoms with E-state index in [1.54, 1.807) is 30.3 Å². The van der Waals surface area contributed by atoms with Crippen molar-refractivity contribution in [3.63, 3.8) is 0 Å². The molecule has 0 aromatic heterocycles.